The highest BCUT2D eigenvalue weighted by atomic mass is 35.5. The van der Waals surface area contributed by atoms with Crippen molar-refractivity contribution in [2.24, 2.45) is 10.2 Å². The van der Waals surface area contributed by atoms with E-state index < -0.39 is 11.6 Å². The van der Waals surface area contributed by atoms with Crippen LogP contribution in [0.5, 0.6) is 0 Å². The highest BCUT2D eigenvalue weighted by molar-refractivity contribution is 6.52. The van der Waals surface area contributed by atoms with Crippen LogP contribution in [0, 0.1) is 0 Å². The number of aromatic nitrogens is 1. The molecule has 3 aromatic rings. The lowest BCUT2D eigenvalue weighted by molar-refractivity contribution is -0.112. The number of carbonyl (C=O) groups excluding carboxylic acids is 2. The number of rotatable bonds is 4. The molecule has 0 saturated carbocycles. The summed E-state index contributed by atoms with van der Waals surface area (Å²) >= 11 is 0. The minimum absolute atomic E-state index is 0. The first kappa shape index (κ1) is 26.9. The van der Waals surface area contributed by atoms with Crippen LogP contribution < -0.4 is 11.5 Å². The molecule has 0 amide bonds. The predicted octanol–water partition coefficient (Wildman–Crippen LogP) is 6.16. The van der Waals surface area contributed by atoms with Crippen LogP contribution in [-0.2, 0) is 4.79 Å². The van der Waals surface area contributed by atoms with Gasteiger partial charge in [-0.05, 0) is 44.5 Å². The number of anilines is 2. The van der Waals surface area contributed by atoms with Crippen molar-refractivity contribution in [3.8, 4) is 0 Å². The van der Waals surface area contributed by atoms with Gasteiger partial charge < -0.3 is 16.6 Å². The fourth-order valence-corrected chi connectivity index (χ4v) is 3.09. The molecule has 0 fully saturated rings. The maximum Gasteiger partial charge on any atom is 0.234 e. The number of ketones is 2. The average Bonchev–Trinajstić information content (AvgIpc) is 2.83. The molecule has 0 bridgehead atoms. The van der Waals surface area contributed by atoms with Crippen LogP contribution in [0.3, 0.4) is 0 Å². The van der Waals surface area contributed by atoms with Crippen molar-refractivity contribution in [3.63, 3.8) is 0 Å². The largest absolute Gasteiger partial charge is 0.507 e. The number of fused-ring (bicyclic) bond motifs is 1. The van der Waals surface area contributed by atoms with Gasteiger partial charge in [0.15, 0.2) is 5.82 Å². The fraction of sp³-hybridized carbons (Fsp3) is 0.115. The van der Waals surface area contributed by atoms with Gasteiger partial charge in [-0.2, -0.15) is 5.11 Å². The highest BCUT2D eigenvalue weighted by Gasteiger charge is 2.31. The van der Waals surface area contributed by atoms with Gasteiger partial charge in [-0.3, -0.25) is 9.59 Å². The second-order valence-electron chi connectivity index (χ2n) is 7.69. The third kappa shape index (κ3) is 6.84. The van der Waals surface area contributed by atoms with Crippen LogP contribution in [0.1, 0.15) is 36.2 Å². The van der Waals surface area contributed by atoms with Gasteiger partial charge in [0.05, 0.1) is 5.69 Å². The molecular formula is C26H26ClN5O3. The van der Waals surface area contributed by atoms with E-state index in [0.29, 0.717) is 17.1 Å². The number of aliphatic hydroxyl groups is 1. The van der Waals surface area contributed by atoms with E-state index in [1.807, 2.05) is 50.3 Å². The lowest BCUT2D eigenvalue weighted by Crippen LogP contribution is -2.23. The molecule has 0 unspecified atom stereocenters. The van der Waals surface area contributed by atoms with Crippen molar-refractivity contribution in [3.05, 3.63) is 95.1 Å². The highest BCUT2D eigenvalue weighted by Crippen LogP contribution is 2.29. The smallest absolute Gasteiger partial charge is 0.234 e. The Kier molecular flexibility index (Phi) is 9.43. The molecule has 1 aliphatic rings. The lowest BCUT2D eigenvalue weighted by Gasteiger charge is -2.16. The number of halogens is 1. The standard InChI is InChI=1S/C15H14O3.C11H11N5.ClH/c1-9(2)7-8-12-13(16)10-5-3-4-6-11(10)14(17)15(12)18;12-10-7-6-9(11(13)14-10)16-15-8-4-2-1-3-5-8;/h3-7,16H,8H2,1-2H3;1-7H,(H4,12,13,14);1H. The minimum atomic E-state index is -0.608. The molecule has 8 nitrogen and oxygen atoms in total. The quantitative estimate of drug-likeness (QED) is 0.226. The Hall–Kier alpha value is -4.30. The first-order valence-electron chi connectivity index (χ1n) is 10.5. The lowest BCUT2D eigenvalue weighted by atomic mass is 9.87. The number of azo groups is 1. The maximum atomic E-state index is 11.9. The van der Waals surface area contributed by atoms with Crippen molar-refractivity contribution < 1.29 is 14.7 Å². The second kappa shape index (κ2) is 12.2. The molecule has 0 aliphatic heterocycles. The number of nitrogen functional groups attached to an aromatic ring is 2. The molecule has 0 saturated heterocycles. The topological polar surface area (TPSA) is 144 Å². The molecule has 0 atom stereocenters. The van der Waals surface area contributed by atoms with Crippen LogP contribution in [0.25, 0.3) is 5.76 Å². The monoisotopic (exact) mass is 491 g/mol. The van der Waals surface area contributed by atoms with E-state index in [-0.39, 0.29) is 41.5 Å². The third-order valence-electron chi connectivity index (χ3n) is 4.86. The molecule has 1 aliphatic carbocycles. The van der Waals surface area contributed by atoms with Gasteiger partial charge in [0.1, 0.15) is 17.3 Å². The van der Waals surface area contributed by atoms with E-state index in [1.54, 1.807) is 36.4 Å². The van der Waals surface area contributed by atoms with E-state index in [0.717, 1.165) is 11.3 Å². The van der Waals surface area contributed by atoms with Crippen molar-refractivity contribution in [2.45, 2.75) is 20.3 Å². The van der Waals surface area contributed by atoms with Crippen LogP contribution in [-0.4, -0.2) is 21.7 Å². The average molecular weight is 492 g/mol. The first-order chi connectivity index (χ1) is 16.3. The molecule has 2 aromatic carbocycles. The van der Waals surface area contributed by atoms with Crippen molar-refractivity contribution >= 4 is 52.7 Å². The molecule has 4 rings (SSSR count). The number of allylic oxidation sites excluding steroid dienone is 3. The fourth-order valence-electron chi connectivity index (χ4n) is 3.09. The number of benzene rings is 2. The zero-order chi connectivity index (χ0) is 24.7. The summed E-state index contributed by atoms with van der Waals surface area (Å²) in [6.07, 6.45) is 2.11. The second-order valence-corrected chi connectivity index (χ2v) is 7.69. The SMILES string of the molecule is CC(C)=CCC1=C(O)c2ccccc2C(=O)C1=O.Cl.Nc1ccc(N=Nc2ccccc2)c(N)n1. The summed E-state index contributed by atoms with van der Waals surface area (Å²) in [7, 11) is 0. The Morgan fingerprint density at radius 3 is 2.14 bits per heavy atom. The van der Waals surface area contributed by atoms with E-state index in [9.17, 15) is 14.7 Å². The molecule has 1 heterocycles. The number of Topliss-reactive ketones (excluding diaryl/α,β-unsaturated/α-hetero) is 2. The van der Waals surface area contributed by atoms with Gasteiger partial charge in [-0.25, -0.2) is 4.98 Å². The van der Waals surface area contributed by atoms with Crippen molar-refractivity contribution in [2.75, 3.05) is 11.5 Å². The minimum Gasteiger partial charge on any atom is -0.507 e. The number of pyridine rings is 1. The molecule has 180 valence electrons. The third-order valence-corrected chi connectivity index (χ3v) is 4.86. The number of hydrogen-bond donors (Lipinski definition) is 3. The molecule has 5 N–H and O–H groups in total. The van der Waals surface area contributed by atoms with Gasteiger partial charge in [0.25, 0.3) is 0 Å². The van der Waals surface area contributed by atoms with E-state index in [2.05, 4.69) is 15.2 Å². The van der Waals surface area contributed by atoms with Gasteiger partial charge >= 0.3 is 0 Å². The molecule has 35 heavy (non-hydrogen) atoms. The van der Waals surface area contributed by atoms with E-state index in [4.69, 9.17) is 11.5 Å². The zero-order valence-electron chi connectivity index (χ0n) is 19.3. The zero-order valence-corrected chi connectivity index (χ0v) is 20.1. The molecule has 0 radical (unpaired) electrons. The van der Waals surface area contributed by atoms with E-state index in [1.165, 1.54) is 0 Å². The van der Waals surface area contributed by atoms with Crippen LogP contribution in [0.15, 0.2) is 94.2 Å². The Morgan fingerprint density at radius 1 is 0.886 bits per heavy atom. The Bertz CT molecular complexity index is 1310. The van der Waals surface area contributed by atoms with Crippen molar-refractivity contribution in [1.82, 2.24) is 4.98 Å². The van der Waals surface area contributed by atoms with Crippen molar-refractivity contribution in [1.29, 1.82) is 0 Å². The van der Waals surface area contributed by atoms with E-state index >= 15 is 0 Å². The Labute approximate surface area is 209 Å². The number of nitrogens with zero attached hydrogens (tertiary/aromatic N) is 3. The molecule has 9 heteroatoms. The molecule has 0 spiro atoms. The summed E-state index contributed by atoms with van der Waals surface area (Å²) in [6.45, 7) is 3.81. The Balaban J connectivity index is 0.000000241. The van der Waals surface area contributed by atoms with Gasteiger partial charge in [0.2, 0.25) is 11.6 Å². The first-order valence-corrected chi connectivity index (χ1v) is 10.5. The number of hydrogen-bond acceptors (Lipinski definition) is 8. The summed E-state index contributed by atoms with van der Waals surface area (Å²) in [5.74, 6) is -0.576. The maximum absolute atomic E-state index is 11.9. The number of aliphatic hydroxyl groups excluding tert-OH is 1. The van der Waals surface area contributed by atoms with Crippen LogP contribution >= 0.6 is 12.4 Å². The van der Waals surface area contributed by atoms with Gasteiger partial charge in [0, 0.05) is 16.7 Å². The van der Waals surface area contributed by atoms with Crippen LogP contribution in [0.2, 0.25) is 0 Å². The summed E-state index contributed by atoms with van der Waals surface area (Å²) < 4.78 is 0. The summed E-state index contributed by atoms with van der Waals surface area (Å²) in [6, 6.07) is 19.3. The predicted molar refractivity (Wildman–Crippen MR) is 140 cm³/mol. The number of nitrogens with two attached hydrogens (primary N) is 2. The van der Waals surface area contributed by atoms with Gasteiger partial charge in [-0.1, -0.05) is 54.1 Å². The number of carbonyl (C=O) groups is 2. The molecular weight excluding hydrogens is 466 g/mol. The Morgan fingerprint density at radius 2 is 1.51 bits per heavy atom. The summed E-state index contributed by atoms with van der Waals surface area (Å²) in [5.41, 5.74) is 14.3. The van der Waals surface area contributed by atoms with Crippen LogP contribution in [0.4, 0.5) is 23.0 Å². The summed E-state index contributed by atoms with van der Waals surface area (Å²) in [4.78, 5) is 27.7. The van der Waals surface area contributed by atoms with Gasteiger partial charge in [-0.15, -0.1) is 17.5 Å². The normalized spacial score (nSPS) is 12.4. The summed E-state index contributed by atoms with van der Waals surface area (Å²) in [5, 5.41) is 18.1. The molecule has 1 aromatic heterocycles.